The van der Waals surface area contributed by atoms with Crippen molar-refractivity contribution in [3.63, 3.8) is 0 Å². The first-order chi connectivity index (χ1) is 15.9. The number of ether oxygens (including phenoxy) is 1. The molecule has 0 bridgehead atoms. The Morgan fingerprint density at radius 1 is 1.24 bits per heavy atom. The Labute approximate surface area is 205 Å². The Kier molecular flexibility index (Phi) is 9.64. The van der Waals surface area contributed by atoms with Crippen LogP contribution < -0.4 is 15.8 Å². The number of hydrogen-bond acceptors (Lipinski definition) is 6. The van der Waals surface area contributed by atoms with Gasteiger partial charge in [-0.3, -0.25) is 14.5 Å². The fourth-order valence-corrected chi connectivity index (χ4v) is 6.08. The molecule has 0 saturated carbocycles. The Morgan fingerprint density at radius 3 is 2.70 bits per heavy atom. The highest BCUT2D eigenvalue weighted by atomic mass is 32.2. The van der Waals surface area contributed by atoms with E-state index in [1.807, 2.05) is 42.6 Å². The van der Waals surface area contributed by atoms with Crippen LogP contribution in [-0.4, -0.2) is 40.1 Å². The van der Waals surface area contributed by atoms with Crippen molar-refractivity contribution >= 4 is 34.9 Å². The highest BCUT2D eigenvalue weighted by molar-refractivity contribution is 8.01. The second-order valence-corrected chi connectivity index (χ2v) is 11.3. The minimum Gasteiger partial charge on any atom is -0.470 e. The van der Waals surface area contributed by atoms with Gasteiger partial charge in [-0.05, 0) is 68.4 Å². The van der Waals surface area contributed by atoms with Gasteiger partial charge < -0.3 is 15.8 Å². The number of amides is 2. The average molecular weight is 490 g/mol. The molecule has 33 heavy (non-hydrogen) atoms. The fourth-order valence-electron chi connectivity index (χ4n) is 4.13. The Hall–Kier alpha value is -2.03. The zero-order valence-electron chi connectivity index (χ0n) is 19.5. The van der Waals surface area contributed by atoms with Crippen molar-refractivity contribution in [2.45, 2.75) is 69.2 Å². The molecule has 180 valence electrons. The molecule has 2 heterocycles. The maximum atomic E-state index is 12.7. The lowest BCUT2D eigenvalue weighted by atomic mass is 10.1. The second kappa shape index (κ2) is 12.4. The van der Waals surface area contributed by atoms with Crippen LogP contribution in [0.25, 0.3) is 0 Å². The van der Waals surface area contributed by atoms with Gasteiger partial charge in [0.2, 0.25) is 11.3 Å². The molecule has 1 aromatic carbocycles. The number of benzene rings is 1. The first kappa shape index (κ1) is 25.6. The summed E-state index contributed by atoms with van der Waals surface area (Å²) >= 11 is 2.82. The number of primary amides is 1. The van der Waals surface area contributed by atoms with E-state index in [0.717, 1.165) is 36.5 Å². The SMILES string of the molecule is CCCC(C)(NC(=O)Cc1cccs1)SC(Oc1cccc(CN2CCCCC2)c1)C(N)=O. The molecule has 0 spiro atoms. The lowest BCUT2D eigenvalue weighted by molar-refractivity contribution is -0.122. The fraction of sp³-hybridized carbons (Fsp3) is 0.520. The molecule has 1 aliphatic rings. The lowest BCUT2D eigenvalue weighted by Crippen LogP contribution is -2.47. The van der Waals surface area contributed by atoms with E-state index < -0.39 is 16.2 Å². The molecule has 2 aromatic rings. The summed E-state index contributed by atoms with van der Waals surface area (Å²) < 4.78 is 6.06. The maximum absolute atomic E-state index is 12.7. The molecule has 2 atom stereocenters. The number of nitrogens with one attached hydrogen (secondary N) is 1. The van der Waals surface area contributed by atoms with Crippen molar-refractivity contribution in [1.29, 1.82) is 0 Å². The van der Waals surface area contributed by atoms with E-state index in [0.29, 0.717) is 18.6 Å². The quantitative estimate of drug-likeness (QED) is 0.428. The summed E-state index contributed by atoms with van der Waals surface area (Å²) in [5.41, 5.74) is 5.96. The molecule has 1 fully saturated rings. The summed E-state index contributed by atoms with van der Waals surface area (Å²) in [6.07, 6.45) is 5.64. The number of nitrogens with zero attached hydrogens (tertiary/aromatic N) is 1. The molecule has 0 aliphatic carbocycles. The minimum atomic E-state index is -0.908. The number of rotatable bonds is 12. The number of piperidine rings is 1. The molecule has 8 heteroatoms. The lowest BCUT2D eigenvalue weighted by Gasteiger charge is -2.33. The van der Waals surface area contributed by atoms with Crippen molar-refractivity contribution < 1.29 is 14.3 Å². The topological polar surface area (TPSA) is 84.7 Å². The first-order valence-electron chi connectivity index (χ1n) is 11.7. The zero-order valence-corrected chi connectivity index (χ0v) is 21.2. The molecular formula is C25H35N3O3S2. The van der Waals surface area contributed by atoms with Crippen LogP contribution in [0.2, 0.25) is 0 Å². The predicted octanol–water partition coefficient (Wildman–Crippen LogP) is 4.53. The van der Waals surface area contributed by atoms with Gasteiger partial charge in [-0.25, -0.2) is 0 Å². The maximum Gasteiger partial charge on any atom is 0.269 e. The van der Waals surface area contributed by atoms with Gasteiger partial charge in [0.15, 0.2) is 0 Å². The molecule has 2 unspecified atom stereocenters. The summed E-state index contributed by atoms with van der Waals surface area (Å²) in [5.74, 6) is -0.0199. The van der Waals surface area contributed by atoms with E-state index in [1.165, 1.54) is 31.0 Å². The van der Waals surface area contributed by atoms with Gasteiger partial charge in [0.1, 0.15) is 5.75 Å². The van der Waals surface area contributed by atoms with Crippen LogP contribution in [0.1, 0.15) is 56.4 Å². The van der Waals surface area contributed by atoms with Crippen LogP contribution in [0.15, 0.2) is 41.8 Å². The second-order valence-electron chi connectivity index (χ2n) is 8.74. The summed E-state index contributed by atoms with van der Waals surface area (Å²) in [4.78, 5) is 27.7. The third kappa shape index (κ3) is 8.36. The van der Waals surface area contributed by atoms with Gasteiger partial charge >= 0.3 is 0 Å². The Bertz CT molecular complexity index is 900. The number of nitrogens with two attached hydrogens (primary N) is 1. The molecule has 1 aliphatic heterocycles. The van der Waals surface area contributed by atoms with Crippen molar-refractivity contribution in [3.8, 4) is 5.75 Å². The van der Waals surface area contributed by atoms with Crippen molar-refractivity contribution in [2.75, 3.05) is 13.1 Å². The molecule has 6 nitrogen and oxygen atoms in total. The molecule has 1 saturated heterocycles. The average Bonchev–Trinajstić information content (AvgIpc) is 3.27. The predicted molar refractivity (Wildman–Crippen MR) is 136 cm³/mol. The molecule has 3 rings (SSSR count). The number of thioether (sulfide) groups is 1. The van der Waals surface area contributed by atoms with Crippen LogP contribution in [0, 0.1) is 0 Å². The molecule has 3 N–H and O–H groups in total. The minimum absolute atomic E-state index is 0.0763. The van der Waals surface area contributed by atoms with E-state index in [4.69, 9.17) is 10.5 Å². The van der Waals surface area contributed by atoms with Gasteiger partial charge in [-0.1, -0.05) is 49.7 Å². The van der Waals surface area contributed by atoms with E-state index in [-0.39, 0.29) is 5.91 Å². The van der Waals surface area contributed by atoms with Crippen LogP contribution in [-0.2, 0) is 22.6 Å². The van der Waals surface area contributed by atoms with Gasteiger partial charge in [0.05, 0.1) is 11.3 Å². The number of thiophene rings is 1. The normalized spacial score (nSPS) is 17.2. The summed E-state index contributed by atoms with van der Waals surface area (Å²) in [6.45, 7) is 7.09. The third-order valence-corrected chi connectivity index (χ3v) is 7.89. The highest BCUT2D eigenvalue weighted by Gasteiger charge is 2.33. The van der Waals surface area contributed by atoms with Gasteiger partial charge in [0, 0.05) is 11.4 Å². The monoisotopic (exact) mass is 489 g/mol. The van der Waals surface area contributed by atoms with E-state index in [2.05, 4.69) is 23.2 Å². The van der Waals surface area contributed by atoms with Crippen LogP contribution in [0.5, 0.6) is 5.75 Å². The van der Waals surface area contributed by atoms with Crippen molar-refractivity contribution in [2.24, 2.45) is 5.73 Å². The van der Waals surface area contributed by atoms with Crippen LogP contribution >= 0.6 is 23.1 Å². The standard InChI is InChI=1S/C25H35N3O3S2/c1-3-12-25(2,27-22(29)17-21-11-8-15-32-21)33-24(23(26)30)31-20-10-7-9-19(16-20)18-28-13-5-4-6-14-28/h7-11,15-16,24H,3-6,12-14,17-18H2,1-2H3,(H2,26,30)(H,27,29). The first-order valence-corrected chi connectivity index (χ1v) is 13.4. The summed E-state index contributed by atoms with van der Waals surface area (Å²) in [7, 11) is 0. The van der Waals surface area contributed by atoms with E-state index in [1.54, 1.807) is 11.3 Å². The van der Waals surface area contributed by atoms with Gasteiger partial charge in [-0.15, -0.1) is 11.3 Å². The highest BCUT2D eigenvalue weighted by Crippen LogP contribution is 2.33. The molecular weight excluding hydrogens is 454 g/mol. The molecule has 0 radical (unpaired) electrons. The van der Waals surface area contributed by atoms with Crippen LogP contribution in [0.4, 0.5) is 0 Å². The van der Waals surface area contributed by atoms with E-state index >= 15 is 0 Å². The summed E-state index contributed by atoms with van der Waals surface area (Å²) in [6, 6.07) is 11.7. The number of hydrogen-bond donors (Lipinski definition) is 2. The van der Waals surface area contributed by atoms with Crippen LogP contribution in [0.3, 0.4) is 0 Å². The van der Waals surface area contributed by atoms with Crippen molar-refractivity contribution in [1.82, 2.24) is 10.2 Å². The number of carbonyl (C=O) groups is 2. The zero-order chi connectivity index (χ0) is 23.7. The van der Waals surface area contributed by atoms with Gasteiger partial charge in [0.25, 0.3) is 5.91 Å². The number of likely N-dealkylation sites (tertiary alicyclic amines) is 1. The largest absolute Gasteiger partial charge is 0.470 e. The Morgan fingerprint density at radius 2 is 2.03 bits per heavy atom. The number of carbonyl (C=O) groups excluding carboxylic acids is 2. The smallest absolute Gasteiger partial charge is 0.269 e. The molecule has 2 amide bonds. The van der Waals surface area contributed by atoms with E-state index in [9.17, 15) is 9.59 Å². The van der Waals surface area contributed by atoms with Gasteiger partial charge in [-0.2, -0.15) is 0 Å². The van der Waals surface area contributed by atoms with Crippen molar-refractivity contribution in [3.05, 3.63) is 52.2 Å². The Balaban J connectivity index is 1.65. The molecule has 1 aromatic heterocycles. The summed E-state index contributed by atoms with van der Waals surface area (Å²) in [5, 5.41) is 5.06. The third-order valence-electron chi connectivity index (χ3n) is 5.64.